The van der Waals surface area contributed by atoms with Gasteiger partial charge in [0.2, 0.25) is 0 Å². The van der Waals surface area contributed by atoms with Crippen molar-refractivity contribution in [2.45, 2.75) is 64.6 Å². The number of hydrogen-bond donors (Lipinski definition) is 2. The van der Waals surface area contributed by atoms with Crippen LogP contribution >= 0.6 is 0 Å². The highest BCUT2D eigenvalue weighted by Crippen LogP contribution is 2.66. The van der Waals surface area contributed by atoms with Crippen LogP contribution in [0, 0.1) is 28.6 Å². The van der Waals surface area contributed by atoms with Crippen LogP contribution in [-0.4, -0.2) is 27.7 Å². The minimum atomic E-state index is -0.627. The van der Waals surface area contributed by atoms with Crippen molar-refractivity contribution in [1.82, 2.24) is 0 Å². The van der Waals surface area contributed by atoms with Crippen molar-refractivity contribution in [3.05, 3.63) is 23.8 Å². The van der Waals surface area contributed by atoms with Gasteiger partial charge in [0, 0.05) is 5.41 Å². The van der Waals surface area contributed by atoms with E-state index in [2.05, 4.69) is 19.9 Å². The van der Waals surface area contributed by atoms with Gasteiger partial charge >= 0.3 is 0 Å². The van der Waals surface area contributed by atoms with Crippen LogP contribution in [0.4, 0.5) is 0 Å². The Bertz CT molecular complexity index is 616. The molecular weight excluding hydrogens is 288 g/mol. The van der Waals surface area contributed by atoms with Gasteiger partial charge in [-0.15, -0.1) is 0 Å². The summed E-state index contributed by atoms with van der Waals surface area (Å²) in [7, 11) is 0. The van der Waals surface area contributed by atoms with Gasteiger partial charge in [-0.05, 0) is 74.3 Å². The molecule has 3 nitrogen and oxygen atoms in total. The molecule has 23 heavy (non-hydrogen) atoms. The van der Waals surface area contributed by atoms with Crippen LogP contribution in [0.2, 0.25) is 0 Å². The molecule has 0 aromatic rings. The fraction of sp³-hybridized carbons (Fsp3) is 0.750. The van der Waals surface area contributed by atoms with E-state index in [0.29, 0.717) is 18.3 Å². The summed E-state index contributed by atoms with van der Waals surface area (Å²) in [6.07, 6.45) is 9.59. The minimum absolute atomic E-state index is 0.0487. The van der Waals surface area contributed by atoms with E-state index in [1.54, 1.807) is 12.2 Å². The summed E-state index contributed by atoms with van der Waals surface area (Å²) in [5.41, 5.74) is 0.277. The first kappa shape index (κ1) is 15.6. The molecule has 4 aliphatic rings. The number of rotatable bonds is 0. The largest absolute Gasteiger partial charge is 0.392 e. The summed E-state index contributed by atoms with van der Waals surface area (Å²) in [6, 6.07) is 0. The Kier molecular flexibility index (Phi) is 3.10. The van der Waals surface area contributed by atoms with Crippen LogP contribution in [0.1, 0.15) is 52.9 Å². The second-order valence-electron chi connectivity index (χ2n) is 9.02. The lowest BCUT2D eigenvalue weighted by Gasteiger charge is -2.59. The molecule has 0 amide bonds. The number of aliphatic hydroxyl groups is 2. The van der Waals surface area contributed by atoms with Gasteiger partial charge in [-0.25, -0.2) is 0 Å². The Morgan fingerprint density at radius 1 is 1.13 bits per heavy atom. The Hall–Kier alpha value is -0.930. The SMILES string of the molecule is C[C@]12C=CC(=O)C=C1C[C@@H](O)[C@@H]1[C@@H]2CC[C@@]2(C)[C@H]1CC[C@]2(C)O. The first-order valence-electron chi connectivity index (χ1n) is 9.04. The number of aliphatic hydroxyl groups excluding tert-OH is 1. The molecular formula is C20H28O3. The Morgan fingerprint density at radius 3 is 2.57 bits per heavy atom. The lowest BCUT2D eigenvalue weighted by Crippen LogP contribution is -2.57. The molecule has 0 aromatic carbocycles. The lowest BCUT2D eigenvalue weighted by molar-refractivity contribution is -0.139. The van der Waals surface area contributed by atoms with Gasteiger partial charge in [-0.3, -0.25) is 4.79 Å². The number of carbonyl (C=O) groups excluding carboxylic acids is 1. The molecule has 0 saturated heterocycles. The van der Waals surface area contributed by atoms with Crippen LogP contribution < -0.4 is 0 Å². The molecule has 2 N–H and O–H groups in total. The first-order valence-corrected chi connectivity index (χ1v) is 9.04. The van der Waals surface area contributed by atoms with Gasteiger partial charge in [0.25, 0.3) is 0 Å². The average Bonchev–Trinajstić information content (AvgIpc) is 2.72. The fourth-order valence-electron chi connectivity index (χ4n) is 6.42. The maximum atomic E-state index is 11.8. The Labute approximate surface area is 138 Å². The summed E-state index contributed by atoms with van der Waals surface area (Å²) in [6.45, 7) is 6.44. The van der Waals surface area contributed by atoms with E-state index in [-0.39, 0.29) is 22.5 Å². The zero-order valence-corrected chi connectivity index (χ0v) is 14.4. The molecule has 0 aliphatic heterocycles. The number of hydrogen-bond acceptors (Lipinski definition) is 3. The predicted octanol–water partition coefficient (Wildman–Crippen LogP) is 3.02. The van der Waals surface area contributed by atoms with E-state index in [1.165, 1.54) is 0 Å². The average molecular weight is 316 g/mol. The van der Waals surface area contributed by atoms with Crippen LogP contribution in [0.25, 0.3) is 0 Å². The van der Waals surface area contributed by atoms with Crippen molar-refractivity contribution >= 4 is 5.78 Å². The summed E-state index contributed by atoms with van der Waals surface area (Å²) >= 11 is 0. The Morgan fingerprint density at radius 2 is 1.83 bits per heavy atom. The topological polar surface area (TPSA) is 57.5 Å². The molecule has 0 unspecified atom stereocenters. The summed E-state index contributed by atoms with van der Waals surface area (Å²) < 4.78 is 0. The van der Waals surface area contributed by atoms with E-state index in [4.69, 9.17) is 0 Å². The highest BCUT2D eigenvalue weighted by Gasteiger charge is 2.63. The highest BCUT2D eigenvalue weighted by atomic mass is 16.3. The van der Waals surface area contributed by atoms with E-state index in [9.17, 15) is 15.0 Å². The second-order valence-corrected chi connectivity index (χ2v) is 9.02. The van der Waals surface area contributed by atoms with E-state index in [0.717, 1.165) is 31.3 Å². The monoisotopic (exact) mass is 316 g/mol. The van der Waals surface area contributed by atoms with E-state index in [1.807, 2.05) is 6.92 Å². The first-order chi connectivity index (χ1) is 10.7. The van der Waals surface area contributed by atoms with Gasteiger partial charge in [0.05, 0.1) is 11.7 Å². The van der Waals surface area contributed by atoms with E-state index < -0.39 is 11.7 Å². The number of fused-ring (bicyclic) bond motifs is 5. The standard InChI is InChI=1S/C20H28O3/c1-18-7-4-13(21)10-12(18)11-16(22)17-14(18)5-8-19(2)15(17)6-9-20(19,3)23/h4,7,10,14-17,22-23H,5-6,8-9,11H2,1-3H3/t14-,15-,16+,17+,18-,19-,20-/m0/s1. The van der Waals surface area contributed by atoms with Gasteiger partial charge in [0.1, 0.15) is 0 Å². The zero-order chi connectivity index (χ0) is 16.6. The third kappa shape index (κ3) is 1.87. The third-order valence-electron chi connectivity index (χ3n) is 8.14. The van der Waals surface area contributed by atoms with Crippen LogP contribution in [0.3, 0.4) is 0 Å². The van der Waals surface area contributed by atoms with Crippen molar-refractivity contribution in [3.63, 3.8) is 0 Å². The van der Waals surface area contributed by atoms with Crippen LogP contribution in [0.5, 0.6) is 0 Å². The maximum Gasteiger partial charge on any atom is 0.178 e. The third-order valence-corrected chi connectivity index (χ3v) is 8.14. The van der Waals surface area contributed by atoms with Crippen LogP contribution in [-0.2, 0) is 4.79 Å². The van der Waals surface area contributed by atoms with Gasteiger partial charge in [0.15, 0.2) is 5.78 Å². The molecule has 0 radical (unpaired) electrons. The second kappa shape index (κ2) is 4.58. The van der Waals surface area contributed by atoms with Crippen molar-refractivity contribution in [2.24, 2.45) is 28.6 Å². The molecule has 0 bridgehead atoms. The van der Waals surface area contributed by atoms with Crippen molar-refractivity contribution in [1.29, 1.82) is 0 Å². The molecule has 0 aromatic heterocycles. The van der Waals surface area contributed by atoms with Crippen LogP contribution in [0.15, 0.2) is 23.8 Å². The smallest absolute Gasteiger partial charge is 0.178 e. The number of carbonyl (C=O) groups is 1. The molecule has 126 valence electrons. The molecule has 7 atom stereocenters. The minimum Gasteiger partial charge on any atom is -0.392 e. The maximum absolute atomic E-state index is 11.8. The lowest BCUT2D eigenvalue weighted by atomic mass is 9.46. The molecule has 3 saturated carbocycles. The predicted molar refractivity (Wildman–Crippen MR) is 88.6 cm³/mol. The summed E-state index contributed by atoms with van der Waals surface area (Å²) in [5.74, 6) is 1.01. The highest BCUT2D eigenvalue weighted by molar-refractivity contribution is 6.01. The summed E-state index contributed by atoms with van der Waals surface area (Å²) in [5, 5.41) is 21.8. The van der Waals surface area contributed by atoms with Crippen molar-refractivity contribution in [3.8, 4) is 0 Å². The molecule has 3 fully saturated rings. The molecule has 0 spiro atoms. The summed E-state index contributed by atoms with van der Waals surface area (Å²) in [4.78, 5) is 11.8. The van der Waals surface area contributed by atoms with Gasteiger partial charge in [-0.1, -0.05) is 25.5 Å². The number of allylic oxidation sites excluding steroid dienone is 3. The normalized spacial score (nSPS) is 55.0. The molecule has 3 heteroatoms. The van der Waals surface area contributed by atoms with Crippen molar-refractivity contribution < 1.29 is 15.0 Å². The van der Waals surface area contributed by atoms with E-state index >= 15 is 0 Å². The quantitative estimate of drug-likeness (QED) is 0.722. The molecule has 4 aliphatic carbocycles. The Balaban J connectivity index is 1.76. The van der Waals surface area contributed by atoms with Crippen molar-refractivity contribution in [2.75, 3.05) is 0 Å². The molecule has 4 rings (SSSR count). The van der Waals surface area contributed by atoms with Gasteiger partial charge < -0.3 is 10.2 Å². The molecule has 0 heterocycles. The fourth-order valence-corrected chi connectivity index (χ4v) is 6.42. The zero-order valence-electron chi connectivity index (χ0n) is 14.4. The number of ketones is 1. The van der Waals surface area contributed by atoms with Gasteiger partial charge in [-0.2, -0.15) is 0 Å².